The monoisotopic (exact) mass is 331 g/mol. The Kier molecular flexibility index (Phi) is 5.99. The van der Waals surface area contributed by atoms with Crippen molar-refractivity contribution >= 4 is 17.5 Å². The van der Waals surface area contributed by atoms with E-state index < -0.39 is 0 Å². The van der Waals surface area contributed by atoms with E-state index in [-0.39, 0.29) is 29.3 Å². The van der Waals surface area contributed by atoms with Crippen molar-refractivity contribution in [3.63, 3.8) is 0 Å². The average molecular weight is 331 g/mol. The van der Waals surface area contributed by atoms with Crippen LogP contribution in [-0.4, -0.2) is 23.4 Å². The van der Waals surface area contributed by atoms with Gasteiger partial charge in [-0.3, -0.25) is 9.59 Å². The summed E-state index contributed by atoms with van der Waals surface area (Å²) in [5, 5.41) is 5.88. The Labute approximate surface area is 144 Å². The van der Waals surface area contributed by atoms with Crippen LogP contribution in [0.1, 0.15) is 63.2 Å². The highest BCUT2D eigenvalue weighted by molar-refractivity contribution is 5.96. The largest absolute Gasteiger partial charge is 0.347 e. The number of carbonyl (C=O) groups is 2. The Bertz CT molecular complexity index is 581. The number of amides is 2. The van der Waals surface area contributed by atoms with Crippen molar-refractivity contribution in [2.45, 2.75) is 64.5 Å². The van der Waals surface area contributed by atoms with Gasteiger partial charge in [0.25, 0.3) is 5.91 Å². The predicted molar refractivity (Wildman–Crippen MR) is 96.8 cm³/mol. The van der Waals surface area contributed by atoms with Gasteiger partial charge in [0.05, 0.1) is 0 Å². The first-order valence-corrected chi connectivity index (χ1v) is 8.79. The van der Waals surface area contributed by atoms with E-state index >= 15 is 0 Å². The second-order valence-corrected chi connectivity index (χ2v) is 7.38. The first-order chi connectivity index (χ1) is 11.3. The summed E-state index contributed by atoms with van der Waals surface area (Å²) in [6.45, 7) is 6.02. The fraction of sp³-hybridized carbons (Fsp3) is 0.579. The van der Waals surface area contributed by atoms with Crippen molar-refractivity contribution in [3.8, 4) is 0 Å². The van der Waals surface area contributed by atoms with Crippen LogP contribution in [-0.2, 0) is 4.79 Å². The number of hydrogen-bond donors (Lipinski definition) is 3. The lowest BCUT2D eigenvalue weighted by Crippen LogP contribution is -2.42. The number of nitrogens with two attached hydrogens (primary N) is 1. The first kappa shape index (κ1) is 18.5. The van der Waals surface area contributed by atoms with E-state index in [0.717, 1.165) is 25.7 Å². The molecule has 132 valence electrons. The number of rotatable bonds is 6. The van der Waals surface area contributed by atoms with Crippen LogP contribution >= 0.6 is 0 Å². The molecule has 1 aliphatic carbocycles. The van der Waals surface area contributed by atoms with E-state index in [4.69, 9.17) is 5.73 Å². The molecule has 0 radical (unpaired) electrons. The zero-order valence-electron chi connectivity index (χ0n) is 14.9. The maximum absolute atomic E-state index is 12.2. The summed E-state index contributed by atoms with van der Waals surface area (Å²) < 4.78 is 0. The SMILES string of the molecule is CCC(C)(C)NC(=O)c1ccc(NC(=O)C[C@@H]2CCC[C@H]2N)cc1. The lowest BCUT2D eigenvalue weighted by Gasteiger charge is -2.24. The van der Waals surface area contributed by atoms with E-state index in [1.165, 1.54) is 0 Å². The fourth-order valence-electron chi connectivity index (χ4n) is 2.94. The third-order valence-electron chi connectivity index (χ3n) is 4.93. The Morgan fingerprint density at radius 3 is 2.42 bits per heavy atom. The fourth-order valence-corrected chi connectivity index (χ4v) is 2.94. The molecular formula is C19H29N3O2. The van der Waals surface area contributed by atoms with Gasteiger partial charge in [0.2, 0.25) is 5.91 Å². The Hall–Kier alpha value is -1.88. The number of benzene rings is 1. The second kappa shape index (κ2) is 7.79. The summed E-state index contributed by atoms with van der Waals surface area (Å²) in [6, 6.07) is 7.14. The molecule has 2 rings (SSSR count). The molecule has 0 spiro atoms. The molecule has 4 N–H and O–H groups in total. The van der Waals surface area contributed by atoms with E-state index in [1.54, 1.807) is 24.3 Å². The number of hydrogen-bond acceptors (Lipinski definition) is 3. The van der Waals surface area contributed by atoms with Crippen LogP contribution in [0.15, 0.2) is 24.3 Å². The summed E-state index contributed by atoms with van der Waals surface area (Å²) in [5.74, 6) is 0.171. The van der Waals surface area contributed by atoms with Gasteiger partial charge in [-0.2, -0.15) is 0 Å². The Morgan fingerprint density at radius 1 is 1.21 bits per heavy atom. The molecule has 2 amide bonds. The zero-order valence-corrected chi connectivity index (χ0v) is 14.9. The molecule has 1 aromatic carbocycles. The maximum Gasteiger partial charge on any atom is 0.251 e. The third kappa shape index (κ3) is 5.06. The molecule has 2 atom stereocenters. The summed E-state index contributed by atoms with van der Waals surface area (Å²) in [7, 11) is 0. The van der Waals surface area contributed by atoms with Crippen LogP contribution in [0.2, 0.25) is 0 Å². The average Bonchev–Trinajstić information content (AvgIpc) is 2.92. The highest BCUT2D eigenvalue weighted by atomic mass is 16.2. The van der Waals surface area contributed by atoms with Gasteiger partial charge in [0, 0.05) is 29.3 Å². The number of anilines is 1. The molecule has 1 saturated carbocycles. The lowest BCUT2D eigenvalue weighted by atomic mass is 10.00. The summed E-state index contributed by atoms with van der Waals surface area (Å²) >= 11 is 0. The summed E-state index contributed by atoms with van der Waals surface area (Å²) in [5.41, 5.74) is 7.08. The Balaban J connectivity index is 1.89. The lowest BCUT2D eigenvalue weighted by molar-refractivity contribution is -0.117. The van der Waals surface area contributed by atoms with Crippen molar-refractivity contribution < 1.29 is 9.59 Å². The van der Waals surface area contributed by atoms with Gasteiger partial charge in [-0.05, 0) is 63.3 Å². The third-order valence-corrected chi connectivity index (χ3v) is 4.93. The van der Waals surface area contributed by atoms with Crippen LogP contribution in [0.4, 0.5) is 5.69 Å². The summed E-state index contributed by atoms with van der Waals surface area (Å²) in [4.78, 5) is 24.3. The predicted octanol–water partition coefficient (Wildman–Crippen LogP) is 3.06. The molecule has 0 aromatic heterocycles. The van der Waals surface area contributed by atoms with Crippen LogP contribution in [0.25, 0.3) is 0 Å². The van der Waals surface area contributed by atoms with Gasteiger partial charge in [-0.25, -0.2) is 0 Å². The van der Waals surface area contributed by atoms with Crippen molar-refractivity contribution in [1.82, 2.24) is 5.32 Å². The molecule has 0 heterocycles. The highest BCUT2D eigenvalue weighted by Gasteiger charge is 2.26. The van der Waals surface area contributed by atoms with E-state index in [2.05, 4.69) is 10.6 Å². The van der Waals surface area contributed by atoms with Gasteiger partial charge in [0.15, 0.2) is 0 Å². The van der Waals surface area contributed by atoms with Crippen molar-refractivity contribution in [2.24, 2.45) is 11.7 Å². The molecule has 0 aliphatic heterocycles. The molecule has 1 aliphatic rings. The first-order valence-electron chi connectivity index (χ1n) is 8.79. The molecule has 0 saturated heterocycles. The second-order valence-electron chi connectivity index (χ2n) is 7.38. The Morgan fingerprint density at radius 2 is 1.88 bits per heavy atom. The smallest absolute Gasteiger partial charge is 0.251 e. The van der Waals surface area contributed by atoms with Crippen LogP contribution in [0.5, 0.6) is 0 Å². The maximum atomic E-state index is 12.2. The normalized spacial score (nSPS) is 20.7. The van der Waals surface area contributed by atoms with Crippen LogP contribution in [0.3, 0.4) is 0 Å². The minimum atomic E-state index is -0.232. The standard InChI is InChI=1S/C19H29N3O2/c1-4-19(2,3)22-18(24)13-8-10-15(11-9-13)21-17(23)12-14-6-5-7-16(14)20/h8-11,14,16H,4-7,12,20H2,1-3H3,(H,21,23)(H,22,24)/t14-,16+/m0/s1. The van der Waals surface area contributed by atoms with Crippen molar-refractivity contribution in [3.05, 3.63) is 29.8 Å². The molecular weight excluding hydrogens is 302 g/mol. The van der Waals surface area contributed by atoms with E-state index in [9.17, 15) is 9.59 Å². The molecule has 0 bridgehead atoms. The van der Waals surface area contributed by atoms with Gasteiger partial charge >= 0.3 is 0 Å². The van der Waals surface area contributed by atoms with Crippen LogP contribution in [0, 0.1) is 5.92 Å². The van der Waals surface area contributed by atoms with E-state index in [0.29, 0.717) is 17.7 Å². The zero-order chi connectivity index (χ0) is 17.7. The topological polar surface area (TPSA) is 84.2 Å². The summed E-state index contributed by atoms with van der Waals surface area (Å²) in [6.07, 6.45) is 4.47. The highest BCUT2D eigenvalue weighted by Crippen LogP contribution is 2.27. The number of carbonyl (C=O) groups excluding carboxylic acids is 2. The molecule has 5 heteroatoms. The quantitative estimate of drug-likeness (QED) is 0.749. The minimum absolute atomic E-state index is 0.0123. The minimum Gasteiger partial charge on any atom is -0.347 e. The van der Waals surface area contributed by atoms with E-state index in [1.807, 2.05) is 20.8 Å². The molecule has 24 heavy (non-hydrogen) atoms. The van der Waals surface area contributed by atoms with Crippen molar-refractivity contribution in [2.75, 3.05) is 5.32 Å². The van der Waals surface area contributed by atoms with Gasteiger partial charge in [0.1, 0.15) is 0 Å². The molecule has 5 nitrogen and oxygen atoms in total. The van der Waals surface area contributed by atoms with Gasteiger partial charge in [-0.1, -0.05) is 13.3 Å². The van der Waals surface area contributed by atoms with Gasteiger partial charge in [-0.15, -0.1) is 0 Å². The molecule has 0 unspecified atom stereocenters. The number of nitrogens with one attached hydrogen (secondary N) is 2. The van der Waals surface area contributed by atoms with Crippen LogP contribution < -0.4 is 16.4 Å². The molecule has 1 aromatic rings. The molecule has 1 fully saturated rings. The van der Waals surface area contributed by atoms with Crippen molar-refractivity contribution in [1.29, 1.82) is 0 Å². The van der Waals surface area contributed by atoms with Gasteiger partial charge < -0.3 is 16.4 Å².